The molecule has 3 saturated heterocycles. The lowest BCUT2D eigenvalue weighted by Crippen LogP contribution is -2.59. The van der Waals surface area contributed by atoms with E-state index in [-0.39, 0.29) is 17.4 Å². The highest BCUT2D eigenvalue weighted by atomic mass is 16.5. The predicted molar refractivity (Wildman–Crippen MR) is 225 cm³/mol. The summed E-state index contributed by atoms with van der Waals surface area (Å²) >= 11 is 0. The van der Waals surface area contributed by atoms with Gasteiger partial charge in [0.1, 0.15) is 11.5 Å². The SMILES string of the molecule is O=C(O)N(C1CN2CCC1CC2)[C@H](c1ccccc1)c1cc(OCCCCCCCCCNC[C@H](O)c2ccc(O)c3[nH]c(=O)ccc23)cc(-c2ccccc2)c1. The van der Waals surface area contributed by atoms with Crippen molar-refractivity contribution >= 4 is 17.0 Å². The molecule has 3 fully saturated rings. The van der Waals surface area contributed by atoms with Crippen LogP contribution in [0.15, 0.2) is 108 Å². The molecule has 0 radical (unpaired) electrons. The van der Waals surface area contributed by atoms with Gasteiger partial charge in [0.25, 0.3) is 0 Å². The third-order valence-corrected chi connectivity index (χ3v) is 11.8. The monoisotopic (exact) mass is 772 g/mol. The Morgan fingerprint density at radius 1 is 0.825 bits per heavy atom. The van der Waals surface area contributed by atoms with Gasteiger partial charge in [0.05, 0.1) is 30.3 Å². The molecule has 4 heterocycles. The van der Waals surface area contributed by atoms with Gasteiger partial charge < -0.3 is 35.3 Å². The molecule has 0 aliphatic carbocycles. The number of fused-ring (bicyclic) bond motifs is 4. The van der Waals surface area contributed by atoms with E-state index in [0.717, 1.165) is 112 Å². The summed E-state index contributed by atoms with van der Waals surface area (Å²) < 4.78 is 6.46. The van der Waals surface area contributed by atoms with Crippen molar-refractivity contribution in [2.75, 3.05) is 39.3 Å². The molecule has 5 N–H and O–H groups in total. The number of hydrogen-bond donors (Lipinski definition) is 5. The molecule has 0 saturated carbocycles. The number of H-pyrrole nitrogens is 1. The normalized spacial score (nSPS) is 18.6. The van der Waals surface area contributed by atoms with E-state index in [1.54, 1.807) is 17.0 Å². The van der Waals surface area contributed by atoms with E-state index in [2.05, 4.69) is 45.5 Å². The van der Waals surface area contributed by atoms with Gasteiger partial charge >= 0.3 is 6.09 Å². The number of aromatic amines is 1. The minimum atomic E-state index is -0.884. The minimum Gasteiger partial charge on any atom is -0.506 e. The number of carboxylic acid groups (broad SMARTS) is 1. The first-order valence-electron chi connectivity index (χ1n) is 20.7. The Labute approximate surface area is 335 Å². The highest BCUT2D eigenvalue weighted by Gasteiger charge is 2.43. The maximum atomic E-state index is 13.3. The Bertz CT molecular complexity index is 2120. The first-order chi connectivity index (χ1) is 27.9. The minimum absolute atomic E-state index is 0.0143. The van der Waals surface area contributed by atoms with Crippen molar-refractivity contribution in [1.29, 1.82) is 0 Å². The van der Waals surface area contributed by atoms with Crippen LogP contribution in [0.4, 0.5) is 4.79 Å². The maximum Gasteiger partial charge on any atom is 0.408 e. The summed E-state index contributed by atoms with van der Waals surface area (Å²) in [7, 11) is 0. The lowest BCUT2D eigenvalue weighted by molar-refractivity contribution is -0.000806. The van der Waals surface area contributed by atoms with Gasteiger partial charge in [-0.05, 0) is 109 Å². The molecule has 10 nitrogen and oxygen atoms in total. The van der Waals surface area contributed by atoms with Crippen molar-refractivity contribution in [1.82, 2.24) is 20.1 Å². The number of phenolic OH excluding ortho intramolecular Hbond substituents is 1. The van der Waals surface area contributed by atoms with Crippen molar-refractivity contribution in [2.45, 2.75) is 76.0 Å². The number of aliphatic hydroxyl groups excluding tert-OH is 1. The van der Waals surface area contributed by atoms with Crippen LogP contribution in [0.3, 0.4) is 0 Å². The first-order valence-corrected chi connectivity index (χ1v) is 20.7. The van der Waals surface area contributed by atoms with Crippen LogP contribution in [0.5, 0.6) is 11.5 Å². The maximum absolute atomic E-state index is 13.3. The van der Waals surface area contributed by atoms with Crippen LogP contribution in [0.25, 0.3) is 22.0 Å². The number of nitrogens with one attached hydrogen (secondary N) is 2. The summed E-state index contributed by atoms with van der Waals surface area (Å²) in [6.07, 6.45) is 7.97. The van der Waals surface area contributed by atoms with Crippen LogP contribution in [-0.2, 0) is 0 Å². The summed E-state index contributed by atoms with van der Waals surface area (Å²) in [6, 6.07) is 32.3. The largest absolute Gasteiger partial charge is 0.506 e. The van der Waals surface area contributed by atoms with Gasteiger partial charge in [-0.15, -0.1) is 0 Å². The summed E-state index contributed by atoms with van der Waals surface area (Å²) in [6.45, 7) is 4.65. The Hall–Kier alpha value is -5.16. The van der Waals surface area contributed by atoms with Crippen molar-refractivity contribution in [3.8, 4) is 22.6 Å². The number of piperidine rings is 3. The summed E-state index contributed by atoms with van der Waals surface area (Å²) in [5.41, 5.74) is 4.67. The zero-order valence-electron chi connectivity index (χ0n) is 32.7. The second-order valence-electron chi connectivity index (χ2n) is 15.7. The molecule has 2 bridgehead atoms. The molecule has 3 aliphatic heterocycles. The molecule has 4 aromatic carbocycles. The Morgan fingerprint density at radius 3 is 2.23 bits per heavy atom. The van der Waals surface area contributed by atoms with Crippen molar-refractivity contribution < 1.29 is 24.9 Å². The fraction of sp³-hybridized carbons (Fsp3) is 0.404. The van der Waals surface area contributed by atoms with Crippen LogP contribution in [-0.4, -0.2) is 81.6 Å². The molecule has 1 unspecified atom stereocenters. The topological polar surface area (TPSA) is 138 Å². The van der Waals surface area contributed by atoms with E-state index in [9.17, 15) is 24.9 Å². The van der Waals surface area contributed by atoms with Gasteiger partial charge in [0.2, 0.25) is 5.56 Å². The number of aromatic nitrogens is 1. The highest BCUT2D eigenvalue weighted by molar-refractivity contribution is 5.87. The fourth-order valence-electron chi connectivity index (χ4n) is 8.83. The van der Waals surface area contributed by atoms with Crippen molar-refractivity contribution in [3.63, 3.8) is 0 Å². The predicted octanol–water partition coefficient (Wildman–Crippen LogP) is 8.50. The number of hydrogen-bond acceptors (Lipinski definition) is 7. The molecule has 3 aliphatic rings. The van der Waals surface area contributed by atoms with E-state index >= 15 is 0 Å². The van der Waals surface area contributed by atoms with Gasteiger partial charge in [-0.2, -0.15) is 0 Å². The molecule has 10 heteroatoms. The average molecular weight is 773 g/mol. The summed E-state index contributed by atoms with van der Waals surface area (Å²) in [4.78, 5) is 31.8. The van der Waals surface area contributed by atoms with Gasteiger partial charge in [0.15, 0.2) is 0 Å². The third-order valence-electron chi connectivity index (χ3n) is 11.8. The van der Waals surface area contributed by atoms with Crippen LogP contribution < -0.4 is 15.6 Å². The molecular weight excluding hydrogens is 717 g/mol. The smallest absolute Gasteiger partial charge is 0.408 e. The number of aromatic hydroxyl groups is 1. The molecule has 8 rings (SSSR count). The van der Waals surface area contributed by atoms with Crippen LogP contribution >= 0.6 is 0 Å². The van der Waals surface area contributed by atoms with Gasteiger partial charge in [-0.25, -0.2) is 4.79 Å². The zero-order chi connectivity index (χ0) is 39.6. The molecule has 57 heavy (non-hydrogen) atoms. The molecule has 1 amide bonds. The van der Waals surface area contributed by atoms with Crippen LogP contribution in [0.1, 0.15) is 86.6 Å². The number of nitrogens with zero attached hydrogens (tertiary/aromatic N) is 2. The number of amides is 1. The number of aliphatic hydroxyl groups is 1. The highest BCUT2D eigenvalue weighted by Crippen LogP contribution is 2.40. The lowest BCUT2D eigenvalue weighted by atomic mass is 9.81. The van der Waals surface area contributed by atoms with E-state index < -0.39 is 18.2 Å². The number of benzene rings is 4. The van der Waals surface area contributed by atoms with Gasteiger partial charge in [0, 0.05) is 24.5 Å². The van der Waals surface area contributed by atoms with E-state index in [0.29, 0.717) is 35.5 Å². The number of phenols is 1. The molecular formula is C47H56N4O6. The molecule has 3 atom stereocenters. The Balaban J connectivity index is 0.907. The number of ether oxygens (including phenoxy) is 1. The average Bonchev–Trinajstić information content (AvgIpc) is 3.24. The number of pyridine rings is 1. The quantitative estimate of drug-likeness (QED) is 0.0527. The summed E-state index contributed by atoms with van der Waals surface area (Å²) in [5.74, 6) is 1.10. The summed E-state index contributed by atoms with van der Waals surface area (Å²) in [5, 5.41) is 35.8. The van der Waals surface area contributed by atoms with E-state index in [4.69, 9.17) is 4.74 Å². The zero-order valence-corrected chi connectivity index (χ0v) is 32.7. The van der Waals surface area contributed by atoms with Crippen LogP contribution in [0.2, 0.25) is 0 Å². The standard InChI is InChI=1S/C47H56N4O6/c52-42-20-18-39(40-19-21-44(54)49-45(40)42)43(53)31-48-24-12-4-2-1-3-5-13-27-57-38-29-36(33-14-8-6-9-15-33)28-37(30-38)46(35-16-10-7-11-17-35)51(47(55)56)41-32-50-25-22-34(41)23-26-50/h6-11,14-21,28-30,34,41,43,46,48,52-53H,1-5,12-13,22-27,31-32H2,(H,49,54)(H,55,56)/t41?,43-,46+/m0/s1. The van der Waals surface area contributed by atoms with Crippen molar-refractivity contribution in [3.05, 3.63) is 130 Å². The molecule has 5 aromatic rings. The second-order valence-corrected chi connectivity index (χ2v) is 15.7. The van der Waals surface area contributed by atoms with Crippen LogP contribution in [0, 0.1) is 5.92 Å². The number of carbonyl (C=O) groups is 1. The molecule has 0 spiro atoms. The Morgan fingerprint density at radius 2 is 1.53 bits per heavy atom. The second kappa shape index (κ2) is 19.3. The lowest BCUT2D eigenvalue weighted by Gasteiger charge is -2.50. The van der Waals surface area contributed by atoms with E-state index in [1.807, 2.05) is 48.5 Å². The molecule has 1 aromatic heterocycles. The number of unbranched alkanes of at least 4 members (excludes halogenated alkanes) is 6. The van der Waals surface area contributed by atoms with E-state index in [1.165, 1.54) is 12.1 Å². The first kappa shape index (κ1) is 40.1. The fourth-order valence-corrected chi connectivity index (χ4v) is 8.83. The third kappa shape index (κ3) is 10.1. The van der Waals surface area contributed by atoms with Gasteiger partial charge in [-0.3, -0.25) is 9.69 Å². The van der Waals surface area contributed by atoms with Gasteiger partial charge in [-0.1, -0.05) is 98.8 Å². The van der Waals surface area contributed by atoms with Crippen molar-refractivity contribution in [2.24, 2.45) is 5.92 Å². The molecule has 300 valence electrons. The number of rotatable bonds is 19. The Kier molecular flexibility index (Phi) is 13.6.